The molecule has 0 amide bonds. The molecule has 2 aromatic rings. The lowest BCUT2D eigenvalue weighted by Crippen LogP contribution is -2.11. The second-order valence-electron chi connectivity index (χ2n) is 4.34. The summed E-state index contributed by atoms with van der Waals surface area (Å²) in [6.45, 7) is 0. The van der Waals surface area contributed by atoms with E-state index in [-0.39, 0.29) is 21.6 Å². The van der Waals surface area contributed by atoms with E-state index in [1.807, 2.05) is 0 Å². The fourth-order valence-electron chi connectivity index (χ4n) is 1.57. The van der Waals surface area contributed by atoms with E-state index < -0.39 is 21.7 Å². The maximum Gasteiger partial charge on any atom is 0.433 e. The molecule has 0 unspecified atom stereocenters. The van der Waals surface area contributed by atoms with Crippen molar-refractivity contribution in [2.24, 2.45) is 0 Å². The van der Waals surface area contributed by atoms with Crippen LogP contribution in [-0.4, -0.2) is 29.9 Å². The van der Waals surface area contributed by atoms with Gasteiger partial charge in [-0.1, -0.05) is 23.4 Å². The molecule has 10 heteroatoms. The van der Waals surface area contributed by atoms with Gasteiger partial charge in [0.15, 0.2) is 15.0 Å². The molecule has 0 radical (unpaired) electrons. The largest absolute Gasteiger partial charge is 0.433 e. The Morgan fingerprint density at radius 2 is 1.78 bits per heavy atom. The van der Waals surface area contributed by atoms with Crippen LogP contribution in [0.25, 0.3) is 0 Å². The van der Waals surface area contributed by atoms with Crippen molar-refractivity contribution in [2.45, 2.75) is 16.2 Å². The molecule has 0 saturated carbocycles. The van der Waals surface area contributed by atoms with Gasteiger partial charge in [0.1, 0.15) is 5.69 Å². The van der Waals surface area contributed by atoms with Gasteiger partial charge in [-0.15, -0.1) is 0 Å². The smallest absolute Gasteiger partial charge is 0.231 e. The molecule has 1 aromatic carbocycles. The summed E-state index contributed by atoms with van der Waals surface area (Å²) in [5.41, 5.74) is -1.06. The zero-order valence-corrected chi connectivity index (χ0v) is 13.8. The standard InChI is InChI=1S/C13H10ClF3N2O2S2/c14-9-1-3-10(4-2-9)23(20,21)8-7-22-12-18-6-5-11(19-12)13(15,16)17/h1-6H,7-8H2. The third-order valence-electron chi connectivity index (χ3n) is 2.68. The number of thioether (sulfide) groups is 1. The molecule has 0 N–H and O–H groups in total. The first kappa shape index (κ1) is 18.0. The second-order valence-corrected chi connectivity index (χ2v) is 7.95. The van der Waals surface area contributed by atoms with E-state index >= 15 is 0 Å². The number of aromatic nitrogens is 2. The summed E-state index contributed by atoms with van der Waals surface area (Å²) in [6, 6.07) is 6.43. The molecule has 1 heterocycles. The van der Waals surface area contributed by atoms with Gasteiger partial charge in [0, 0.05) is 17.0 Å². The highest BCUT2D eigenvalue weighted by atomic mass is 35.5. The van der Waals surface area contributed by atoms with E-state index in [9.17, 15) is 21.6 Å². The third kappa shape index (κ3) is 5.08. The molecule has 0 spiro atoms. The highest BCUT2D eigenvalue weighted by molar-refractivity contribution is 8.00. The SMILES string of the molecule is O=S(=O)(CCSc1nccc(C(F)(F)F)n1)c1ccc(Cl)cc1. The van der Waals surface area contributed by atoms with E-state index in [1.54, 1.807) is 0 Å². The van der Waals surface area contributed by atoms with Crippen LogP contribution < -0.4 is 0 Å². The highest BCUT2D eigenvalue weighted by Gasteiger charge is 2.32. The molecule has 2 rings (SSSR count). The topological polar surface area (TPSA) is 59.9 Å². The Morgan fingerprint density at radius 3 is 2.39 bits per heavy atom. The van der Waals surface area contributed by atoms with Crippen LogP contribution in [-0.2, 0) is 16.0 Å². The Kier molecular flexibility index (Phi) is 5.53. The molecule has 0 atom stereocenters. The maximum absolute atomic E-state index is 12.5. The average molecular weight is 383 g/mol. The Morgan fingerprint density at radius 1 is 1.13 bits per heavy atom. The van der Waals surface area contributed by atoms with E-state index in [0.29, 0.717) is 5.02 Å². The summed E-state index contributed by atoms with van der Waals surface area (Å²) in [5.74, 6) is -0.217. The summed E-state index contributed by atoms with van der Waals surface area (Å²) < 4.78 is 61.7. The predicted octanol–water partition coefficient (Wildman–Crippen LogP) is 3.71. The van der Waals surface area contributed by atoms with Crippen LogP contribution in [0.4, 0.5) is 13.2 Å². The Balaban J connectivity index is 2.01. The van der Waals surface area contributed by atoms with Crippen LogP contribution in [0.2, 0.25) is 5.02 Å². The Bertz CT molecular complexity index is 781. The van der Waals surface area contributed by atoms with Gasteiger partial charge in [0.25, 0.3) is 0 Å². The van der Waals surface area contributed by atoms with Crippen LogP contribution >= 0.6 is 23.4 Å². The number of rotatable bonds is 5. The molecule has 4 nitrogen and oxygen atoms in total. The number of alkyl halides is 3. The predicted molar refractivity (Wildman–Crippen MR) is 81.3 cm³/mol. The number of halogens is 4. The summed E-state index contributed by atoms with van der Waals surface area (Å²) in [4.78, 5) is 7.16. The molecule has 0 saturated heterocycles. The normalized spacial score (nSPS) is 12.3. The van der Waals surface area contributed by atoms with Crippen molar-refractivity contribution in [3.05, 3.63) is 47.2 Å². The van der Waals surface area contributed by atoms with Crippen LogP contribution in [0.15, 0.2) is 46.6 Å². The van der Waals surface area contributed by atoms with Gasteiger partial charge in [0.2, 0.25) is 0 Å². The van der Waals surface area contributed by atoms with Gasteiger partial charge in [-0.25, -0.2) is 18.4 Å². The molecule has 23 heavy (non-hydrogen) atoms. The molecule has 0 aliphatic heterocycles. The Labute approximate surface area is 140 Å². The summed E-state index contributed by atoms with van der Waals surface area (Å²) in [7, 11) is -3.54. The number of sulfone groups is 1. The first-order valence-corrected chi connectivity index (χ1v) is 9.21. The summed E-state index contributed by atoms with van der Waals surface area (Å²) in [5, 5.41) is 0.293. The van der Waals surface area contributed by atoms with E-state index in [2.05, 4.69) is 9.97 Å². The van der Waals surface area contributed by atoms with Crippen LogP contribution in [0.5, 0.6) is 0 Å². The first-order valence-electron chi connectivity index (χ1n) is 6.20. The molecular weight excluding hydrogens is 373 g/mol. The second kappa shape index (κ2) is 7.06. The van der Waals surface area contributed by atoms with Crippen molar-refractivity contribution in [1.82, 2.24) is 9.97 Å². The van der Waals surface area contributed by atoms with Gasteiger partial charge in [-0.2, -0.15) is 13.2 Å². The van der Waals surface area contributed by atoms with E-state index in [1.165, 1.54) is 24.3 Å². The van der Waals surface area contributed by atoms with Gasteiger partial charge >= 0.3 is 6.18 Å². The molecule has 0 fully saturated rings. The van der Waals surface area contributed by atoms with Gasteiger partial charge in [-0.3, -0.25) is 0 Å². The van der Waals surface area contributed by atoms with Crippen molar-refractivity contribution < 1.29 is 21.6 Å². The van der Waals surface area contributed by atoms with E-state index in [0.717, 1.165) is 24.0 Å². The number of benzene rings is 1. The van der Waals surface area contributed by atoms with Crippen molar-refractivity contribution in [3.63, 3.8) is 0 Å². The fourth-order valence-corrected chi connectivity index (χ4v) is 4.17. The lowest BCUT2D eigenvalue weighted by Gasteiger charge is -2.07. The Hall–Kier alpha value is -1.32. The summed E-state index contributed by atoms with van der Waals surface area (Å²) in [6.07, 6.45) is -3.57. The lowest BCUT2D eigenvalue weighted by molar-refractivity contribution is -0.141. The number of nitrogens with zero attached hydrogens (tertiary/aromatic N) is 2. The first-order chi connectivity index (χ1) is 10.7. The lowest BCUT2D eigenvalue weighted by atomic mass is 10.4. The zero-order chi connectivity index (χ0) is 17.1. The van der Waals surface area contributed by atoms with Crippen LogP contribution in [0, 0.1) is 0 Å². The van der Waals surface area contributed by atoms with E-state index in [4.69, 9.17) is 11.6 Å². The maximum atomic E-state index is 12.5. The molecule has 1 aromatic heterocycles. The molecule has 124 valence electrons. The highest BCUT2D eigenvalue weighted by Crippen LogP contribution is 2.28. The van der Waals surface area contributed by atoms with Crippen molar-refractivity contribution in [1.29, 1.82) is 0 Å². The average Bonchev–Trinajstić information content (AvgIpc) is 2.47. The quantitative estimate of drug-likeness (QED) is 0.582. The molecule has 0 aliphatic carbocycles. The minimum absolute atomic E-state index is 0.0340. The van der Waals surface area contributed by atoms with Crippen LogP contribution in [0.1, 0.15) is 5.69 Å². The molecular formula is C13H10ClF3N2O2S2. The number of hydrogen-bond acceptors (Lipinski definition) is 5. The van der Waals surface area contributed by atoms with Crippen molar-refractivity contribution in [2.75, 3.05) is 11.5 Å². The molecule has 0 bridgehead atoms. The van der Waals surface area contributed by atoms with Crippen molar-refractivity contribution in [3.8, 4) is 0 Å². The zero-order valence-electron chi connectivity index (χ0n) is 11.4. The fraction of sp³-hybridized carbons (Fsp3) is 0.231. The minimum Gasteiger partial charge on any atom is -0.231 e. The van der Waals surface area contributed by atoms with Crippen molar-refractivity contribution >= 4 is 33.2 Å². The summed E-state index contributed by atoms with van der Waals surface area (Å²) >= 11 is 6.54. The monoisotopic (exact) mass is 382 g/mol. The van der Waals surface area contributed by atoms with Gasteiger partial charge in [0.05, 0.1) is 10.6 Å². The van der Waals surface area contributed by atoms with Crippen LogP contribution in [0.3, 0.4) is 0 Å². The molecule has 0 aliphatic rings. The van der Waals surface area contributed by atoms with Gasteiger partial charge in [-0.05, 0) is 30.3 Å². The minimum atomic E-state index is -4.56. The third-order valence-corrected chi connectivity index (χ3v) is 5.79. The number of hydrogen-bond donors (Lipinski definition) is 0. The van der Waals surface area contributed by atoms with Gasteiger partial charge < -0.3 is 0 Å².